The number of benzene rings is 1. The Morgan fingerprint density at radius 1 is 1.00 bits per heavy atom. The molecule has 1 aliphatic heterocycles. The Bertz CT molecular complexity index is 543. The van der Waals surface area contributed by atoms with Crippen LogP contribution in [0.25, 0.3) is 0 Å². The molecular weight excluding hydrogens is 310 g/mol. The number of nitrogens with zero attached hydrogens (tertiary/aromatic N) is 1. The highest BCUT2D eigenvalue weighted by Gasteiger charge is 2.38. The quantitative estimate of drug-likeness (QED) is 0.866. The van der Waals surface area contributed by atoms with E-state index in [1.165, 1.54) is 37.1 Å². The molecule has 0 amide bonds. The average Bonchev–Trinajstić information content (AvgIpc) is 2.52. The zero-order valence-corrected chi connectivity index (χ0v) is 16.3. The first-order valence-corrected chi connectivity index (χ1v) is 9.77. The summed E-state index contributed by atoms with van der Waals surface area (Å²) in [4.78, 5) is 2.44. The monoisotopic (exact) mass is 345 g/mol. The van der Waals surface area contributed by atoms with Crippen LogP contribution in [0.4, 0.5) is 11.4 Å². The van der Waals surface area contributed by atoms with Gasteiger partial charge in [-0.2, -0.15) is 0 Å². The Morgan fingerprint density at radius 3 is 2.12 bits per heavy atom. The van der Waals surface area contributed by atoms with E-state index in [0.717, 1.165) is 25.6 Å². The average molecular weight is 346 g/mol. The van der Waals surface area contributed by atoms with Crippen molar-refractivity contribution in [1.82, 2.24) is 0 Å². The molecule has 1 saturated carbocycles. The van der Waals surface area contributed by atoms with Crippen LogP contribution in [-0.2, 0) is 4.74 Å². The van der Waals surface area contributed by atoms with E-state index in [1.54, 1.807) is 0 Å². The molecule has 1 aliphatic carbocycles. The molecule has 0 aromatic heterocycles. The lowest BCUT2D eigenvalue weighted by Crippen LogP contribution is -2.57. The second kappa shape index (κ2) is 7.16. The lowest BCUT2D eigenvalue weighted by atomic mass is 9.86. The van der Waals surface area contributed by atoms with Gasteiger partial charge < -0.3 is 20.7 Å². The maximum absolute atomic E-state index is 6.19. The topological polar surface area (TPSA) is 50.5 Å². The highest BCUT2D eigenvalue weighted by molar-refractivity contribution is 5.55. The molecule has 2 aliphatic rings. The third kappa shape index (κ3) is 5.11. The van der Waals surface area contributed by atoms with Crippen molar-refractivity contribution in [1.29, 1.82) is 0 Å². The number of hydrogen-bond acceptors (Lipinski definition) is 4. The van der Waals surface area contributed by atoms with Gasteiger partial charge in [0.1, 0.15) is 0 Å². The maximum atomic E-state index is 6.19. The molecular formula is C21H35N3O. The van der Waals surface area contributed by atoms with Crippen molar-refractivity contribution >= 4 is 11.4 Å². The number of ether oxygens (including phenoxy) is 1. The maximum Gasteiger partial charge on any atom is 0.0808 e. The Morgan fingerprint density at radius 2 is 1.56 bits per heavy atom. The van der Waals surface area contributed by atoms with E-state index >= 15 is 0 Å². The summed E-state index contributed by atoms with van der Waals surface area (Å²) in [6.07, 6.45) is 4.86. The second-order valence-electron chi connectivity index (χ2n) is 9.19. The van der Waals surface area contributed by atoms with Crippen LogP contribution in [0.3, 0.4) is 0 Å². The Kier molecular flexibility index (Phi) is 5.31. The first-order valence-electron chi connectivity index (χ1n) is 9.77. The summed E-state index contributed by atoms with van der Waals surface area (Å²) in [5, 5.41) is 3.61. The number of hydrogen-bond donors (Lipinski definition) is 2. The molecule has 0 bridgehead atoms. The van der Waals surface area contributed by atoms with Gasteiger partial charge in [0.2, 0.25) is 0 Å². The van der Waals surface area contributed by atoms with Crippen molar-refractivity contribution < 1.29 is 4.74 Å². The third-order valence-electron chi connectivity index (χ3n) is 5.41. The number of morpholine rings is 1. The molecule has 140 valence electrons. The standard InChI is InChI=1S/C21H35N3O/c1-20(2)14-24(15-21(3,4)25-20)19-11-9-18(10-12-19)23-13-16-5-7-17(22)8-6-16/h9-12,16-17,23H,5-8,13-15,22H2,1-4H3/t16-,17-. The molecule has 0 atom stereocenters. The van der Waals surface area contributed by atoms with E-state index in [9.17, 15) is 0 Å². The Balaban J connectivity index is 1.56. The summed E-state index contributed by atoms with van der Waals surface area (Å²) < 4.78 is 6.19. The zero-order valence-electron chi connectivity index (χ0n) is 16.3. The van der Waals surface area contributed by atoms with E-state index in [-0.39, 0.29) is 11.2 Å². The van der Waals surface area contributed by atoms with Crippen LogP contribution in [0.1, 0.15) is 53.4 Å². The van der Waals surface area contributed by atoms with Crippen LogP contribution in [0.5, 0.6) is 0 Å². The summed E-state index contributed by atoms with van der Waals surface area (Å²) in [6, 6.07) is 9.31. The Labute approximate surface area is 153 Å². The Hall–Kier alpha value is -1.26. The van der Waals surface area contributed by atoms with Crippen LogP contribution in [-0.4, -0.2) is 36.9 Å². The summed E-state index contributed by atoms with van der Waals surface area (Å²) in [7, 11) is 0. The minimum atomic E-state index is -0.124. The van der Waals surface area contributed by atoms with Gasteiger partial charge in [0.25, 0.3) is 0 Å². The van der Waals surface area contributed by atoms with Gasteiger partial charge >= 0.3 is 0 Å². The van der Waals surface area contributed by atoms with E-state index in [4.69, 9.17) is 10.5 Å². The predicted octanol–water partition coefficient (Wildman–Crippen LogP) is 4.01. The lowest BCUT2D eigenvalue weighted by Gasteiger charge is -2.48. The van der Waals surface area contributed by atoms with Crippen molar-refractivity contribution in [3.63, 3.8) is 0 Å². The van der Waals surface area contributed by atoms with Crippen LogP contribution in [0, 0.1) is 5.92 Å². The largest absolute Gasteiger partial charge is 0.385 e. The molecule has 1 heterocycles. The molecule has 4 heteroatoms. The fourth-order valence-corrected chi connectivity index (χ4v) is 4.41. The van der Waals surface area contributed by atoms with Gasteiger partial charge in [0.15, 0.2) is 0 Å². The minimum Gasteiger partial charge on any atom is -0.385 e. The molecule has 4 nitrogen and oxygen atoms in total. The molecule has 3 N–H and O–H groups in total. The molecule has 0 unspecified atom stereocenters. The summed E-state index contributed by atoms with van der Waals surface area (Å²) in [5.41, 5.74) is 8.24. The molecule has 2 fully saturated rings. The first-order chi connectivity index (χ1) is 11.7. The predicted molar refractivity (Wildman–Crippen MR) is 106 cm³/mol. The highest BCUT2D eigenvalue weighted by Crippen LogP contribution is 2.32. The summed E-state index contributed by atoms with van der Waals surface area (Å²) >= 11 is 0. The SMILES string of the molecule is CC1(C)CN(c2ccc(NC[C@H]3CC[C@H](N)CC3)cc2)CC(C)(C)O1. The molecule has 3 rings (SSSR count). The highest BCUT2D eigenvalue weighted by atomic mass is 16.5. The molecule has 1 aromatic carbocycles. The second-order valence-corrected chi connectivity index (χ2v) is 9.19. The van der Waals surface area contributed by atoms with Gasteiger partial charge in [-0.15, -0.1) is 0 Å². The summed E-state index contributed by atoms with van der Waals surface area (Å²) in [5.74, 6) is 0.764. The normalized spacial score (nSPS) is 28.6. The van der Waals surface area contributed by atoms with Crippen molar-refractivity contribution in [2.75, 3.05) is 29.9 Å². The van der Waals surface area contributed by atoms with Crippen molar-refractivity contribution in [3.05, 3.63) is 24.3 Å². The van der Waals surface area contributed by atoms with Crippen LogP contribution in [0.15, 0.2) is 24.3 Å². The number of anilines is 2. The van der Waals surface area contributed by atoms with Gasteiger partial charge in [-0.05, 0) is 83.6 Å². The molecule has 25 heavy (non-hydrogen) atoms. The van der Waals surface area contributed by atoms with E-state index in [1.807, 2.05) is 0 Å². The van der Waals surface area contributed by atoms with Gasteiger partial charge in [-0.3, -0.25) is 0 Å². The minimum absolute atomic E-state index is 0.124. The number of nitrogens with one attached hydrogen (secondary N) is 1. The lowest BCUT2D eigenvalue weighted by molar-refractivity contribution is -0.133. The smallest absolute Gasteiger partial charge is 0.0808 e. The van der Waals surface area contributed by atoms with Crippen LogP contribution < -0.4 is 16.0 Å². The van der Waals surface area contributed by atoms with E-state index in [0.29, 0.717) is 6.04 Å². The number of rotatable bonds is 4. The van der Waals surface area contributed by atoms with Crippen LogP contribution >= 0.6 is 0 Å². The summed E-state index contributed by atoms with van der Waals surface area (Å²) in [6.45, 7) is 11.6. The van der Waals surface area contributed by atoms with Crippen molar-refractivity contribution in [3.8, 4) is 0 Å². The van der Waals surface area contributed by atoms with Crippen molar-refractivity contribution in [2.45, 2.75) is 70.6 Å². The molecule has 0 radical (unpaired) electrons. The molecule has 1 saturated heterocycles. The fraction of sp³-hybridized carbons (Fsp3) is 0.714. The molecule has 0 spiro atoms. The third-order valence-corrected chi connectivity index (χ3v) is 5.41. The number of nitrogens with two attached hydrogens (primary N) is 1. The molecule has 1 aromatic rings. The zero-order chi connectivity index (χ0) is 18.1. The van der Waals surface area contributed by atoms with Gasteiger partial charge in [-0.25, -0.2) is 0 Å². The van der Waals surface area contributed by atoms with Crippen LogP contribution in [0.2, 0.25) is 0 Å². The van der Waals surface area contributed by atoms with Gasteiger partial charge in [0, 0.05) is 37.1 Å². The van der Waals surface area contributed by atoms with E-state index in [2.05, 4.69) is 62.2 Å². The van der Waals surface area contributed by atoms with Gasteiger partial charge in [-0.1, -0.05) is 0 Å². The van der Waals surface area contributed by atoms with E-state index < -0.39 is 0 Å². The fourth-order valence-electron chi connectivity index (χ4n) is 4.41. The van der Waals surface area contributed by atoms with Gasteiger partial charge in [0.05, 0.1) is 11.2 Å². The van der Waals surface area contributed by atoms with Crippen molar-refractivity contribution in [2.24, 2.45) is 11.7 Å². The first kappa shape index (κ1) is 18.5.